The topological polar surface area (TPSA) is 0 Å². The highest BCUT2D eigenvalue weighted by molar-refractivity contribution is 5.21. The first-order chi connectivity index (χ1) is 4.68. The van der Waals surface area contributed by atoms with Gasteiger partial charge in [-0.05, 0) is 25.5 Å². The van der Waals surface area contributed by atoms with Crippen LogP contribution < -0.4 is 0 Å². The standard InChI is InChI=1S/C8H10F2/c1-7(8(2)10)5-3-4-6-9/h3-6H,1-2H3/b5-3-,6-4+,8-7+. The van der Waals surface area contributed by atoms with Gasteiger partial charge in [0.2, 0.25) is 0 Å². The summed E-state index contributed by atoms with van der Waals surface area (Å²) in [7, 11) is 0. The molecule has 0 aliphatic rings. The average Bonchev–Trinajstić information content (AvgIpc) is 1.88. The normalized spacial score (nSPS) is 14.8. The minimum Gasteiger partial charge on any atom is -0.216 e. The zero-order chi connectivity index (χ0) is 7.98. The van der Waals surface area contributed by atoms with Crippen molar-refractivity contribution in [2.24, 2.45) is 0 Å². The Morgan fingerprint density at radius 2 is 1.80 bits per heavy atom. The van der Waals surface area contributed by atoms with Crippen molar-refractivity contribution in [3.8, 4) is 0 Å². The Hall–Kier alpha value is -0.920. The molecule has 0 saturated heterocycles. The molecule has 0 amide bonds. The highest BCUT2D eigenvalue weighted by Crippen LogP contribution is 2.04. The van der Waals surface area contributed by atoms with Crippen LogP contribution in [0.3, 0.4) is 0 Å². The average molecular weight is 144 g/mol. The second-order valence-corrected chi connectivity index (χ2v) is 1.89. The molecule has 0 bridgehead atoms. The van der Waals surface area contributed by atoms with E-state index in [-0.39, 0.29) is 5.83 Å². The molecule has 0 radical (unpaired) electrons. The highest BCUT2D eigenvalue weighted by atomic mass is 19.1. The molecule has 0 atom stereocenters. The van der Waals surface area contributed by atoms with Crippen molar-refractivity contribution in [2.75, 3.05) is 0 Å². The van der Waals surface area contributed by atoms with E-state index in [9.17, 15) is 8.78 Å². The van der Waals surface area contributed by atoms with E-state index in [2.05, 4.69) is 0 Å². The maximum Gasteiger partial charge on any atom is 0.0997 e. The van der Waals surface area contributed by atoms with Crippen molar-refractivity contribution in [3.05, 3.63) is 36.0 Å². The van der Waals surface area contributed by atoms with Crippen molar-refractivity contribution in [1.29, 1.82) is 0 Å². The highest BCUT2D eigenvalue weighted by Gasteiger charge is 1.86. The van der Waals surface area contributed by atoms with E-state index in [4.69, 9.17) is 0 Å². The van der Waals surface area contributed by atoms with Crippen LogP contribution in [-0.2, 0) is 0 Å². The predicted octanol–water partition coefficient (Wildman–Crippen LogP) is 3.29. The van der Waals surface area contributed by atoms with Gasteiger partial charge in [0.25, 0.3) is 0 Å². The van der Waals surface area contributed by atoms with Crippen LogP contribution in [0.15, 0.2) is 36.0 Å². The fourth-order valence-electron chi connectivity index (χ4n) is 0.357. The monoisotopic (exact) mass is 144 g/mol. The molecule has 0 spiro atoms. The van der Waals surface area contributed by atoms with E-state index in [1.165, 1.54) is 25.2 Å². The Bertz CT molecular complexity index is 172. The fraction of sp³-hybridized carbons (Fsp3) is 0.250. The Labute approximate surface area is 59.6 Å². The zero-order valence-corrected chi connectivity index (χ0v) is 6.07. The lowest BCUT2D eigenvalue weighted by atomic mass is 10.2. The van der Waals surface area contributed by atoms with Gasteiger partial charge in [0.05, 0.1) is 12.2 Å². The molecule has 0 saturated carbocycles. The minimum absolute atomic E-state index is 0.247. The van der Waals surface area contributed by atoms with Crippen molar-refractivity contribution >= 4 is 0 Å². The molecular weight excluding hydrogens is 134 g/mol. The molecule has 0 aromatic carbocycles. The van der Waals surface area contributed by atoms with E-state index in [1.807, 2.05) is 0 Å². The molecular formula is C8H10F2. The van der Waals surface area contributed by atoms with Crippen LogP contribution in [0.2, 0.25) is 0 Å². The molecule has 56 valence electrons. The molecule has 0 aromatic rings. The second-order valence-electron chi connectivity index (χ2n) is 1.89. The van der Waals surface area contributed by atoms with Crippen LogP contribution in [-0.4, -0.2) is 0 Å². The number of hydrogen-bond acceptors (Lipinski definition) is 0. The molecule has 0 aliphatic heterocycles. The lowest BCUT2D eigenvalue weighted by Gasteiger charge is -1.88. The number of halogens is 2. The first-order valence-electron chi connectivity index (χ1n) is 2.95. The molecule has 0 heterocycles. The van der Waals surface area contributed by atoms with Gasteiger partial charge in [0.1, 0.15) is 0 Å². The second kappa shape index (κ2) is 4.91. The lowest BCUT2D eigenvalue weighted by molar-refractivity contribution is 0.631. The van der Waals surface area contributed by atoms with Crippen molar-refractivity contribution in [2.45, 2.75) is 13.8 Å². The predicted molar refractivity (Wildman–Crippen MR) is 38.9 cm³/mol. The SMILES string of the molecule is C\C(F)=C(C)/C=C\C=C\F. The van der Waals surface area contributed by atoms with Gasteiger partial charge in [0, 0.05) is 0 Å². The first-order valence-corrected chi connectivity index (χ1v) is 2.95. The molecule has 0 rings (SSSR count). The molecule has 2 heteroatoms. The van der Waals surface area contributed by atoms with Gasteiger partial charge in [0.15, 0.2) is 0 Å². The molecule has 0 aliphatic carbocycles. The summed E-state index contributed by atoms with van der Waals surface area (Å²) >= 11 is 0. The van der Waals surface area contributed by atoms with E-state index in [0.29, 0.717) is 11.9 Å². The first kappa shape index (κ1) is 9.08. The minimum atomic E-state index is -0.247. The Balaban J connectivity index is 4.03. The summed E-state index contributed by atoms with van der Waals surface area (Å²) in [5, 5.41) is 0. The summed E-state index contributed by atoms with van der Waals surface area (Å²) in [5.74, 6) is -0.247. The van der Waals surface area contributed by atoms with Crippen LogP contribution in [0.5, 0.6) is 0 Å². The van der Waals surface area contributed by atoms with E-state index < -0.39 is 0 Å². The smallest absolute Gasteiger partial charge is 0.0997 e. The van der Waals surface area contributed by atoms with Crippen LogP contribution in [0.1, 0.15) is 13.8 Å². The Morgan fingerprint density at radius 3 is 2.20 bits per heavy atom. The largest absolute Gasteiger partial charge is 0.216 e. The fourth-order valence-corrected chi connectivity index (χ4v) is 0.357. The van der Waals surface area contributed by atoms with E-state index in [0.717, 1.165) is 0 Å². The van der Waals surface area contributed by atoms with Gasteiger partial charge in [-0.2, -0.15) is 0 Å². The van der Waals surface area contributed by atoms with Gasteiger partial charge in [-0.1, -0.05) is 12.2 Å². The summed E-state index contributed by atoms with van der Waals surface area (Å²) in [6.07, 6.45) is 4.55. The maximum absolute atomic E-state index is 12.2. The molecule has 0 N–H and O–H groups in total. The quantitative estimate of drug-likeness (QED) is 0.521. The third kappa shape index (κ3) is 4.01. The van der Waals surface area contributed by atoms with Gasteiger partial charge >= 0.3 is 0 Å². The number of rotatable bonds is 2. The molecule has 0 aromatic heterocycles. The van der Waals surface area contributed by atoms with E-state index in [1.54, 1.807) is 6.92 Å². The van der Waals surface area contributed by atoms with Crippen LogP contribution >= 0.6 is 0 Å². The van der Waals surface area contributed by atoms with Gasteiger partial charge in [-0.25, -0.2) is 8.78 Å². The van der Waals surface area contributed by atoms with Crippen molar-refractivity contribution < 1.29 is 8.78 Å². The van der Waals surface area contributed by atoms with Gasteiger partial charge in [-0.15, -0.1) is 0 Å². The van der Waals surface area contributed by atoms with Gasteiger partial charge in [-0.3, -0.25) is 0 Å². The van der Waals surface area contributed by atoms with Gasteiger partial charge < -0.3 is 0 Å². The third-order valence-electron chi connectivity index (χ3n) is 1.07. The van der Waals surface area contributed by atoms with Crippen LogP contribution in [0.4, 0.5) is 8.78 Å². The summed E-state index contributed by atoms with van der Waals surface area (Å²) < 4.78 is 23.5. The summed E-state index contributed by atoms with van der Waals surface area (Å²) in [4.78, 5) is 0. The van der Waals surface area contributed by atoms with Crippen molar-refractivity contribution in [1.82, 2.24) is 0 Å². The molecule has 0 unspecified atom stereocenters. The van der Waals surface area contributed by atoms with E-state index >= 15 is 0 Å². The summed E-state index contributed by atoms with van der Waals surface area (Å²) in [6.45, 7) is 2.98. The van der Waals surface area contributed by atoms with Crippen LogP contribution in [0.25, 0.3) is 0 Å². The van der Waals surface area contributed by atoms with Crippen molar-refractivity contribution in [3.63, 3.8) is 0 Å². The number of allylic oxidation sites excluding steroid dienone is 5. The number of hydrogen-bond donors (Lipinski definition) is 0. The molecule has 10 heavy (non-hydrogen) atoms. The Kier molecular flexibility index (Phi) is 4.46. The lowest BCUT2D eigenvalue weighted by Crippen LogP contribution is -1.69. The summed E-state index contributed by atoms with van der Waals surface area (Å²) in [5.41, 5.74) is 0.512. The summed E-state index contributed by atoms with van der Waals surface area (Å²) in [6, 6.07) is 0. The molecule has 0 fully saturated rings. The Morgan fingerprint density at radius 1 is 1.20 bits per heavy atom. The van der Waals surface area contributed by atoms with Crippen LogP contribution in [0, 0.1) is 0 Å². The zero-order valence-electron chi connectivity index (χ0n) is 6.07. The third-order valence-corrected chi connectivity index (χ3v) is 1.07. The molecule has 0 nitrogen and oxygen atoms in total. The maximum atomic E-state index is 12.2.